The van der Waals surface area contributed by atoms with E-state index in [9.17, 15) is 4.79 Å². The summed E-state index contributed by atoms with van der Waals surface area (Å²) in [4.78, 5) is 16.7. The topological polar surface area (TPSA) is 32.7 Å². The lowest BCUT2D eigenvalue weighted by Gasteiger charge is -2.04. The quantitative estimate of drug-likeness (QED) is 0.445. The van der Waals surface area contributed by atoms with Crippen molar-refractivity contribution in [2.24, 2.45) is 4.99 Å². The van der Waals surface area contributed by atoms with E-state index in [1.807, 2.05) is 4.90 Å². The van der Waals surface area contributed by atoms with Crippen LogP contribution in [0.2, 0.25) is 0 Å². The monoisotopic (exact) mass is 122 g/mol. The van der Waals surface area contributed by atoms with E-state index >= 15 is 0 Å². The van der Waals surface area contributed by atoms with Gasteiger partial charge >= 0.3 is 0 Å². The molecule has 3 nitrogen and oxygen atoms in total. The largest absolute Gasteiger partial charge is 0.328 e. The number of hydrogen-bond donors (Lipinski definition) is 0. The average molecular weight is 122 g/mol. The van der Waals surface area contributed by atoms with E-state index in [0.717, 1.165) is 13.1 Å². The van der Waals surface area contributed by atoms with Crippen LogP contribution in [0.1, 0.15) is 0 Å². The number of hydrogen-bond acceptors (Lipinski definition) is 3. The summed E-state index contributed by atoms with van der Waals surface area (Å²) in [7, 11) is 0. The van der Waals surface area contributed by atoms with Gasteiger partial charge in [-0.05, 0) is 0 Å². The van der Waals surface area contributed by atoms with Gasteiger partial charge in [0, 0.05) is 18.8 Å². The Bertz CT molecular complexity index is 217. The van der Waals surface area contributed by atoms with Crippen molar-refractivity contribution < 1.29 is 4.79 Å². The lowest BCUT2D eigenvalue weighted by Crippen LogP contribution is -2.21. The number of aliphatic imine (C=N–C) groups is 1. The Hall–Kier alpha value is -1.12. The van der Waals surface area contributed by atoms with Crippen LogP contribution in [-0.4, -0.2) is 29.6 Å². The number of nitrogens with zero attached hydrogens (tertiary/aromatic N) is 2. The fraction of sp³-hybridized carbons (Fsp3) is 0.333. The van der Waals surface area contributed by atoms with Crippen molar-refractivity contribution in [1.29, 1.82) is 0 Å². The third kappa shape index (κ3) is 0.512. The molecule has 2 aliphatic heterocycles. The summed E-state index contributed by atoms with van der Waals surface area (Å²) in [6, 6.07) is 0. The predicted molar refractivity (Wildman–Crippen MR) is 33.2 cm³/mol. The standard InChI is InChI=1S/C6H6N2O/c9-5-1-3-8-4-2-7-6(5)8/h1,3H,2,4H2. The van der Waals surface area contributed by atoms with Crippen LogP contribution in [0.25, 0.3) is 0 Å². The molecule has 46 valence electrons. The minimum Gasteiger partial charge on any atom is -0.328 e. The van der Waals surface area contributed by atoms with E-state index < -0.39 is 0 Å². The zero-order chi connectivity index (χ0) is 6.27. The molecule has 0 spiro atoms. The molecular weight excluding hydrogens is 116 g/mol. The van der Waals surface area contributed by atoms with Crippen LogP contribution >= 0.6 is 0 Å². The van der Waals surface area contributed by atoms with Crippen LogP contribution in [0.4, 0.5) is 0 Å². The number of amidine groups is 1. The number of rotatable bonds is 0. The highest BCUT2D eigenvalue weighted by Crippen LogP contribution is 2.09. The Kier molecular flexibility index (Phi) is 0.754. The number of carbonyl (C=O) groups excluding carboxylic acids is 1. The molecule has 0 saturated heterocycles. The van der Waals surface area contributed by atoms with Gasteiger partial charge in [0.2, 0.25) is 5.78 Å². The maximum atomic E-state index is 10.8. The molecule has 0 unspecified atom stereocenters. The first kappa shape index (κ1) is 4.73. The van der Waals surface area contributed by atoms with Crippen LogP contribution in [0.15, 0.2) is 17.3 Å². The molecule has 3 heteroatoms. The molecule has 0 fully saturated rings. The number of ketones is 1. The van der Waals surface area contributed by atoms with E-state index in [1.54, 1.807) is 12.3 Å². The Labute approximate surface area is 52.7 Å². The van der Waals surface area contributed by atoms with Gasteiger partial charge in [0.15, 0.2) is 5.84 Å². The molecule has 2 aliphatic rings. The Balaban J connectivity index is 2.40. The van der Waals surface area contributed by atoms with Crippen LogP contribution in [-0.2, 0) is 4.79 Å². The molecule has 0 amide bonds. The van der Waals surface area contributed by atoms with Crippen molar-refractivity contribution in [3.63, 3.8) is 0 Å². The Morgan fingerprint density at radius 3 is 3.33 bits per heavy atom. The molecule has 2 heterocycles. The van der Waals surface area contributed by atoms with E-state index in [0.29, 0.717) is 5.84 Å². The third-order valence-electron chi connectivity index (χ3n) is 1.50. The summed E-state index contributed by atoms with van der Waals surface area (Å²) < 4.78 is 0. The minimum absolute atomic E-state index is 0.0486. The molecule has 0 atom stereocenters. The Morgan fingerprint density at radius 2 is 2.56 bits per heavy atom. The summed E-state index contributed by atoms with van der Waals surface area (Å²) in [6.07, 6.45) is 3.34. The fourth-order valence-corrected chi connectivity index (χ4v) is 1.06. The van der Waals surface area contributed by atoms with Gasteiger partial charge < -0.3 is 4.90 Å². The van der Waals surface area contributed by atoms with Gasteiger partial charge in [-0.2, -0.15) is 0 Å². The first-order chi connectivity index (χ1) is 4.38. The molecule has 9 heavy (non-hydrogen) atoms. The van der Waals surface area contributed by atoms with Crippen molar-refractivity contribution in [3.05, 3.63) is 12.3 Å². The van der Waals surface area contributed by atoms with Crippen LogP contribution in [0, 0.1) is 0 Å². The molecule has 0 aromatic carbocycles. The summed E-state index contributed by atoms with van der Waals surface area (Å²) in [5.74, 6) is 0.669. The van der Waals surface area contributed by atoms with Crippen molar-refractivity contribution in [1.82, 2.24) is 4.90 Å². The van der Waals surface area contributed by atoms with Gasteiger partial charge in [0.25, 0.3) is 0 Å². The first-order valence-electron chi connectivity index (χ1n) is 2.91. The Morgan fingerprint density at radius 1 is 1.67 bits per heavy atom. The summed E-state index contributed by atoms with van der Waals surface area (Å²) in [6.45, 7) is 1.64. The maximum Gasteiger partial charge on any atom is 0.222 e. The summed E-state index contributed by atoms with van der Waals surface area (Å²) in [5.41, 5.74) is 0. The second-order valence-electron chi connectivity index (χ2n) is 2.08. The highest BCUT2D eigenvalue weighted by molar-refractivity contribution is 6.45. The molecule has 0 aromatic rings. The molecule has 0 aromatic heterocycles. The van der Waals surface area contributed by atoms with Crippen LogP contribution < -0.4 is 0 Å². The van der Waals surface area contributed by atoms with E-state index in [2.05, 4.69) is 4.99 Å². The summed E-state index contributed by atoms with van der Waals surface area (Å²) in [5, 5.41) is 0. The highest BCUT2D eigenvalue weighted by atomic mass is 16.1. The second-order valence-corrected chi connectivity index (χ2v) is 2.08. The van der Waals surface area contributed by atoms with E-state index in [-0.39, 0.29) is 5.78 Å². The molecule has 0 bridgehead atoms. The van der Waals surface area contributed by atoms with Gasteiger partial charge in [-0.1, -0.05) is 0 Å². The van der Waals surface area contributed by atoms with E-state index in [1.165, 1.54) is 0 Å². The zero-order valence-corrected chi connectivity index (χ0v) is 4.87. The number of fused-ring (bicyclic) bond motifs is 1. The lowest BCUT2D eigenvalue weighted by molar-refractivity contribution is -0.108. The molecule has 2 rings (SSSR count). The van der Waals surface area contributed by atoms with Gasteiger partial charge in [-0.3, -0.25) is 9.79 Å². The molecule has 0 saturated carbocycles. The molecule has 0 aliphatic carbocycles. The van der Waals surface area contributed by atoms with E-state index in [4.69, 9.17) is 0 Å². The first-order valence-corrected chi connectivity index (χ1v) is 2.91. The summed E-state index contributed by atoms with van der Waals surface area (Å²) >= 11 is 0. The number of carbonyl (C=O) groups is 1. The predicted octanol–water partition coefficient (Wildman–Crippen LogP) is -0.203. The SMILES string of the molecule is O=C1C=CN2CCN=C12. The molecular formula is C6H6N2O. The smallest absolute Gasteiger partial charge is 0.222 e. The second kappa shape index (κ2) is 1.43. The van der Waals surface area contributed by atoms with Crippen molar-refractivity contribution in [2.75, 3.05) is 13.1 Å². The van der Waals surface area contributed by atoms with Crippen molar-refractivity contribution in [2.45, 2.75) is 0 Å². The third-order valence-corrected chi connectivity index (χ3v) is 1.50. The van der Waals surface area contributed by atoms with Crippen molar-refractivity contribution in [3.8, 4) is 0 Å². The normalized spacial score (nSPS) is 22.9. The zero-order valence-electron chi connectivity index (χ0n) is 4.87. The highest BCUT2D eigenvalue weighted by Gasteiger charge is 2.24. The van der Waals surface area contributed by atoms with Crippen LogP contribution in [0.5, 0.6) is 0 Å². The van der Waals surface area contributed by atoms with Gasteiger partial charge in [0.05, 0.1) is 6.54 Å². The lowest BCUT2D eigenvalue weighted by atomic mass is 10.4. The van der Waals surface area contributed by atoms with Gasteiger partial charge in [0.1, 0.15) is 0 Å². The van der Waals surface area contributed by atoms with Gasteiger partial charge in [-0.25, -0.2) is 0 Å². The van der Waals surface area contributed by atoms with Gasteiger partial charge in [-0.15, -0.1) is 0 Å². The van der Waals surface area contributed by atoms with Crippen LogP contribution in [0.3, 0.4) is 0 Å². The van der Waals surface area contributed by atoms with Crippen molar-refractivity contribution >= 4 is 11.6 Å². The molecule has 0 N–H and O–H groups in total. The minimum atomic E-state index is 0.0486. The maximum absolute atomic E-state index is 10.8. The fourth-order valence-electron chi connectivity index (χ4n) is 1.06. The molecule has 0 radical (unpaired) electrons. The average Bonchev–Trinajstić information content (AvgIpc) is 2.35.